The van der Waals surface area contributed by atoms with Crippen LogP contribution in [-0.4, -0.2) is 120 Å². The van der Waals surface area contributed by atoms with Gasteiger partial charge in [0.05, 0.1) is 6.42 Å². The number of nitrogens with zero attached hydrogens (tertiary/aromatic N) is 4. The number of ether oxygens (including phenoxy) is 3. The highest BCUT2D eigenvalue weighted by atomic mass is 16.6. The van der Waals surface area contributed by atoms with E-state index in [1.807, 2.05) is 60.7 Å². The molecule has 3 atom stereocenters. The van der Waals surface area contributed by atoms with Gasteiger partial charge in [0.1, 0.15) is 36.9 Å². The largest absolute Gasteiger partial charge is 0.480 e. The summed E-state index contributed by atoms with van der Waals surface area (Å²) in [6, 6.07) is 16.0. The monoisotopic (exact) mass is 794 g/mol. The molecule has 14 nitrogen and oxygen atoms in total. The third-order valence-corrected chi connectivity index (χ3v) is 10.3. The fourth-order valence-electron chi connectivity index (χ4n) is 7.37. The molecule has 2 fully saturated rings. The number of likely N-dealkylation sites (N-methyl/N-ethyl adjacent to an activating group) is 4. The molecule has 2 aromatic rings. The number of carbonyl (C=O) groups excluding carboxylic acids is 5. The minimum Gasteiger partial charge on any atom is -0.480 e. The summed E-state index contributed by atoms with van der Waals surface area (Å²) in [5.41, 5.74) is 1.00. The van der Waals surface area contributed by atoms with Crippen LogP contribution in [0.1, 0.15) is 89.7 Å². The normalized spacial score (nSPS) is 15.9. The van der Waals surface area contributed by atoms with Crippen molar-refractivity contribution in [3.8, 4) is 0 Å². The van der Waals surface area contributed by atoms with E-state index in [1.165, 1.54) is 33.7 Å². The van der Waals surface area contributed by atoms with Gasteiger partial charge < -0.3 is 29.1 Å². The van der Waals surface area contributed by atoms with E-state index in [4.69, 9.17) is 14.2 Å². The molecular weight excluding hydrogens is 732 g/mol. The zero-order chi connectivity index (χ0) is 42.3. The minimum absolute atomic E-state index is 0.0248. The lowest BCUT2D eigenvalue weighted by atomic mass is 9.95. The molecule has 14 heteroatoms. The van der Waals surface area contributed by atoms with E-state index in [0.29, 0.717) is 0 Å². The molecule has 2 aromatic carbocycles. The van der Waals surface area contributed by atoms with Gasteiger partial charge in [-0.05, 0) is 69.4 Å². The molecule has 4 rings (SSSR count). The van der Waals surface area contributed by atoms with Gasteiger partial charge in [0, 0.05) is 35.2 Å². The highest BCUT2D eigenvalue weighted by Crippen LogP contribution is 2.32. The Balaban J connectivity index is 0.000000350. The van der Waals surface area contributed by atoms with Gasteiger partial charge in [-0.3, -0.25) is 24.2 Å². The molecule has 2 aliphatic carbocycles. The Morgan fingerprint density at radius 3 is 1.42 bits per heavy atom. The zero-order valence-electron chi connectivity index (χ0n) is 34.8. The van der Waals surface area contributed by atoms with Gasteiger partial charge in [0.2, 0.25) is 11.8 Å². The Morgan fingerprint density at radius 1 is 0.632 bits per heavy atom. The van der Waals surface area contributed by atoms with E-state index >= 15 is 0 Å². The van der Waals surface area contributed by atoms with Crippen molar-refractivity contribution in [2.75, 3.05) is 35.2 Å². The lowest BCUT2D eigenvalue weighted by molar-refractivity contribution is -0.160. The van der Waals surface area contributed by atoms with Gasteiger partial charge in [-0.1, -0.05) is 86.3 Å². The van der Waals surface area contributed by atoms with Crippen molar-refractivity contribution in [2.45, 2.75) is 115 Å². The van der Waals surface area contributed by atoms with Crippen LogP contribution in [0, 0.1) is 11.8 Å². The van der Waals surface area contributed by atoms with E-state index < -0.39 is 59.7 Å². The minimum atomic E-state index is -1.06. The van der Waals surface area contributed by atoms with Gasteiger partial charge >= 0.3 is 24.1 Å². The number of carboxylic acid groups (broad SMARTS) is 1. The predicted molar refractivity (Wildman–Crippen MR) is 214 cm³/mol. The number of aliphatic carboxylic acids is 1. The Hall–Kier alpha value is -5.14. The molecular formula is C43H62N4O10. The average Bonchev–Trinajstić information content (AvgIpc) is 3.90. The quantitative estimate of drug-likeness (QED) is 0.168. The van der Waals surface area contributed by atoms with Crippen LogP contribution in [0.25, 0.3) is 0 Å². The maximum Gasteiger partial charge on any atom is 0.410 e. The first kappa shape index (κ1) is 46.2. The SMILES string of the molecule is CN(C(=O)OCc1ccccc1)[C@H](C(=O)O)C1CCCC1.CN(C)C(=O)[C@H](CC(=O)OC(C)(C)C)N(C)C(=O)[C@H](C1CCCC1)N(C)C(=O)OCc1ccccc1. The van der Waals surface area contributed by atoms with Crippen molar-refractivity contribution < 1.29 is 48.1 Å². The second kappa shape index (κ2) is 22.0. The molecule has 0 spiro atoms. The summed E-state index contributed by atoms with van der Waals surface area (Å²) in [6.07, 6.45) is 5.79. The number of hydrogen-bond acceptors (Lipinski definition) is 9. The maximum absolute atomic E-state index is 13.8. The number of rotatable bonds is 14. The molecule has 0 saturated heterocycles. The van der Waals surface area contributed by atoms with Crippen LogP contribution < -0.4 is 0 Å². The fraction of sp³-hybridized carbons (Fsp3) is 0.581. The number of hydrogen-bond donors (Lipinski definition) is 1. The Bertz CT molecular complexity index is 1620. The van der Waals surface area contributed by atoms with Crippen LogP contribution in [-0.2, 0) is 46.6 Å². The molecule has 57 heavy (non-hydrogen) atoms. The van der Waals surface area contributed by atoms with Gasteiger partial charge in [0.25, 0.3) is 0 Å². The third-order valence-electron chi connectivity index (χ3n) is 10.3. The van der Waals surface area contributed by atoms with Crippen LogP contribution >= 0.6 is 0 Å². The van der Waals surface area contributed by atoms with Gasteiger partial charge in [-0.2, -0.15) is 0 Å². The summed E-state index contributed by atoms with van der Waals surface area (Å²) in [7, 11) is 7.71. The molecule has 0 heterocycles. The molecule has 4 amide bonds. The summed E-state index contributed by atoms with van der Waals surface area (Å²) in [5.74, 6) is -2.36. The first-order valence-electron chi connectivity index (χ1n) is 19.7. The van der Waals surface area contributed by atoms with E-state index in [1.54, 1.807) is 41.9 Å². The summed E-state index contributed by atoms with van der Waals surface area (Å²) in [5, 5.41) is 9.39. The van der Waals surface area contributed by atoms with Gasteiger partial charge in [-0.15, -0.1) is 0 Å². The number of benzene rings is 2. The average molecular weight is 795 g/mol. The maximum atomic E-state index is 13.8. The molecule has 0 radical (unpaired) electrons. The van der Waals surface area contributed by atoms with Crippen LogP contribution in [0.5, 0.6) is 0 Å². The Labute approximate surface area is 337 Å². The second-order valence-electron chi connectivity index (χ2n) is 16.1. The van der Waals surface area contributed by atoms with E-state index in [0.717, 1.165) is 62.5 Å². The highest BCUT2D eigenvalue weighted by Gasteiger charge is 2.42. The predicted octanol–water partition coefficient (Wildman–Crippen LogP) is 6.36. The van der Waals surface area contributed by atoms with Crippen LogP contribution in [0.2, 0.25) is 0 Å². The van der Waals surface area contributed by atoms with Gasteiger partial charge in [0.15, 0.2) is 0 Å². The molecule has 0 aromatic heterocycles. The number of amides is 4. The van der Waals surface area contributed by atoms with Crippen LogP contribution in [0.4, 0.5) is 9.59 Å². The van der Waals surface area contributed by atoms with Crippen molar-refractivity contribution in [2.24, 2.45) is 11.8 Å². The molecule has 2 aliphatic rings. The Morgan fingerprint density at radius 2 is 1.04 bits per heavy atom. The molecule has 0 bridgehead atoms. The van der Waals surface area contributed by atoms with Crippen LogP contribution in [0.3, 0.4) is 0 Å². The number of esters is 1. The number of carbonyl (C=O) groups is 6. The molecule has 2 saturated carbocycles. The molecule has 314 valence electrons. The van der Waals surface area contributed by atoms with Crippen molar-refractivity contribution in [1.29, 1.82) is 0 Å². The molecule has 1 N–H and O–H groups in total. The first-order chi connectivity index (χ1) is 26.9. The third kappa shape index (κ3) is 14.4. The molecule has 0 unspecified atom stereocenters. The van der Waals surface area contributed by atoms with Crippen molar-refractivity contribution in [3.63, 3.8) is 0 Å². The van der Waals surface area contributed by atoms with Crippen molar-refractivity contribution in [3.05, 3.63) is 71.8 Å². The Kier molecular flexibility index (Phi) is 17.8. The second-order valence-corrected chi connectivity index (χ2v) is 16.1. The van der Waals surface area contributed by atoms with E-state index in [-0.39, 0.29) is 31.5 Å². The van der Waals surface area contributed by atoms with Gasteiger partial charge in [-0.25, -0.2) is 14.4 Å². The van der Waals surface area contributed by atoms with Crippen molar-refractivity contribution in [1.82, 2.24) is 19.6 Å². The summed E-state index contributed by atoms with van der Waals surface area (Å²) >= 11 is 0. The summed E-state index contributed by atoms with van der Waals surface area (Å²) in [6.45, 7) is 5.48. The smallest absolute Gasteiger partial charge is 0.410 e. The zero-order valence-corrected chi connectivity index (χ0v) is 34.8. The van der Waals surface area contributed by atoms with Crippen LogP contribution in [0.15, 0.2) is 60.7 Å². The lowest BCUT2D eigenvalue weighted by Gasteiger charge is -2.37. The standard InChI is InChI=1S/C27H41N3O6.C16H21NO4/c1-27(2,3)36-22(31)17-21(24(32)28(4)5)29(6)25(33)23(20-15-11-12-16-20)30(7)26(34)35-18-19-13-9-8-10-14-19;1-17(14(15(18)19)13-9-5-6-10-13)16(20)21-11-12-7-3-2-4-8-12/h8-10,13-14,20-21,23H,11-12,15-18H2,1-7H3;2-4,7-8,13-14H,5-6,9-11H2,1H3,(H,18,19)/t21-,23-;14-/m00/s1. The summed E-state index contributed by atoms with van der Waals surface area (Å²) in [4.78, 5) is 81.1. The van der Waals surface area contributed by atoms with Crippen molar-refractivity contribution >= 4 is 35.9 Å². The molecule has 0 aliphatic heterocycles. The number of carboxylic acids is 1. The van der Waals surface area contributed by atoms with E-state index in [9.17, 15) is 33.9 Å². The van der Waals surface area contributed by atoms with E-state index in [2.05, 4.69) is 0 Å². The fourth-order valence-corrected chi connectivity index (χ4v) is 7.37. The lowest BCUT2D eigenvalue weighted by Crippen LogP contribution is -2.57. The highest BCUT2D eigenvalue weighted by molar-refractivity contribution is 5.93. The summed E-state index contributed by atoms with van der Waals surface area (Å²) < 4.78 is 16.1. The first-order valence-corrected chi connectivity index (χ1v) is 19.7. The topological polar surface area (TPSA) is 163 Å².